The van der Waals surface area contributed by atoms with E-state index in [2.05, 4.69) is 13.8 Å². The molecule has 10 heavy (non-hydrogen) atoms. The fraction of sp³-hybridized carbons (Fsp3) is 1.00. The lowest BCUT2D eigenvalue weighted by atomic mass is 9.86. The van der Waals surface area contributed by atoms with Crippen LogP contribution in [0.25, 0.3) is 0 Å². The summed E-state index contributed by atoms with van der Waals surface area (Å²) < 4.78 is 12.4. The average molecular weight is 144 g/mol. The van der Waals surface area contributed by atoms with Gasteiger partial charge in [0.15, 0.2) is 0 Å². The summed E-state index contributed by atoms with van der Waals surface area (Å²) in [6.07, 6.45) is 4.73. The Morgan fingerprint density at radius 2 is 2.00 bits per heavy atom. The Morgan fingerprint density at radius 3 is 2.10 bits per heavy atom. The standard InChI is InChI=1S/C9H17F/c1-3-8(7-10)9(4-2)5-6-9/h8H,3-7H2,1-2H3. The molecule has 0 aromatic heterocycles. The molecule has 0 bridgehead atoms. The zero-order valence-corrected chi connectivity index (χ0v) is 6.99. The van der Waals surface area contributed by atoms with Crippen molar-refractivity contribution in [3.8, 4) is 0 Å². The fourth-order valence-electron chi connectivity index (χ4n) is 1.92. The van der Waals surface area contributed by atoms with Gasteiger partial charge in [0.2, 0.25) is 0 Å². The lowest BCUT2D eigenvalue weighted by Crippen LogP contribution is -2.16. The summed E-state index contributed by atoms with van der Waals surface area (Å²) in [5, 5.41) is 0. The molecule has 0 spiro atoms. The molecule has 60 valence electrons. The van der Waals surface area contributed by atoms with Gasteiger partial charge in [-0.1, -0.05) is 26.7 Å². The third kappa shape index (κ3) is 1.18. The summed E-state index contributed by atoms with van der Waals surface area (Å²) in [5.74, 6) is 0.359. The second-order valence-corrected chi connectivity index (χ2v) is 3.48. The first-order valence-corrected chi connectivity index (χ1v) is 4.35. The Bertz CT molecular complexity index is 101. The molecule has 1 unspecified atom stereocenters. The van der Waals surface area contributed by atoms with Crippen molar-refractivity contribution in [3.63, 3.8) is 0 Å². The maximum Gasteiger partial charge on any atom is 0.0927 e. The van der Waals surface area contributed by atoms with Crippen molar-refractivity contribution in [2.75, 3.05) is 6.67 Å². The Hall–Kier alpha value is -0.0700. The molecule has 1 aliphatic carbocycles. The van der Waals surface area contributed by atoms with E-state index < -0.39 is 0 Å². The summed E-state index contributed by atoms with van der Waals surface area (Å²) in [4.78, 5) is 0. The van der Waals surface area contributed by atoms with E-state index in [4.69, 9.17) is 0 Å². The van der Waals surface area contributed by atoms with Crippen LogP contribution in [0.4, 0.5) is 4.39 Å². The van der Waals surface area contributed by atoms with E-state index in [-0.39, 0.29) is 6.67 Å². The summed E-state index contributed by atoms with van der Waals surface area (Å²) >= 11 is 0. The molecule has 1 fully saturated rings. The Balaban J connectivity index is 2.43. The second-order valence-electron chi connectivity index (χ2n) is 3.48. The summed E-state index contributed by atoms with van der Waals surface area (Å²) in [7, 11) is 0. The van der Waals surface area contributed by atoms with Gasteiger partial charge >= 0.3 is 0 Å². The van der Waals surface area contributed by atoms with Crippen LogP contribution in [0.15, 0.2) is 0 Å². The van der Waals surface area contributed by atoms with Crippen molar-refractivity contribution < 1.29 is 4.39 Å². The molecule has 0 radical (unpaired) electrons. The maximum atomic E-state index is 12.4. The molecule has 0 amide bonds. The predicted octanol–water partition coefficient (Wildman–Crippen LogP) is 3.17. The minimum Gasteiger partial charge on any atom is -0.251 e. The number of alkyl halides is 1. The smallest absolute Gasteiger partial charge is 0.0927 e. The van der Waals surface area contributed by atoms with Crippen molar-refractivity contribution >= 4 is 0 Å². The van der Waals surface area contributed by atoms with Gasteiger partial charge in [-0.25, -0.2) is 0 Å². The van der Waals surface area contributed by atoms with Gasteiger partial charge in [-0.3, -0.25) is 4.39 Å². The Morgan fingerprint density at radius 1 is 1.40 bits per heavy atom. The van der Waals surface area contributed by atoms with Gasteiger partial charge in [-0.2, -0.15) is 0 Å². The van der Waals surface area contributed by atoms with E-state index in [9.17, 15) is 4.39 Å². The molecule has 0 aromatic rings. The van der Waals surface area contributed by atoms with Crippen LogP contribution in [-0.2, 0) is 0 Å². The maximum absolute atomic E-state index is 12.4. The molecule has 1 atom stereocenters. The Kier molecular flexibility index (Phi) is 2.32. The number of rotatable bonds is 4. The van der Waals surface area contributed by atoms with E-state index in [1.165, 1.54) is 19.3 Å². The molecule has 1 saturated carbocycles. The lowest BCUT2D eigenvalue weighted by Gasteiger charge is -2.20. The van der Waals surface area contributed by atoms with E-state index in [1.54, 1.807) is 0 Å². The highest BCUT2D eigenvalue weighted by atomic mass is 19.1. The average Bonchev–Trinajstić information content (AvgIpc) is 2.72. The molecule has 0 aromatic carbocycles. The first-order valence-electron chi connectivity index (χ1n) is 4.35. The number of hydrogen-bond donors (Lipinski definition) is 0. The van der Waals surface area contributed by atoms with Crippen LogP contribution in [0.3, 0.4) is 0 Å². The quantitative estimate of drug-likeness (QED) is 0.568. The zero-order valence-electron chi connectivity index (χ0n) is 6.99. The van der Waals surface area contributed by atoms with Crippen molar-refractivity contribution in [1.82, 2.24) is 0 Å². The normalized spacial score (nSPS) is 24.3. The van der Waals surface area contributed by atoms with Gasteiger partial charge in [-0.05, 0) is 24.2 Å². The first kappa shape index (κ1) is 8.03. The third-order valence-corrected chi connectivity index (χ3v) is 3.14. The van der Waals surface area contributed by atoms with Crippen LogP contribution in [0.1, 0.15) is 39.5 Å². The molecule has 0 heterocycles. The SMILES string of the molecule is CCC(CF)C1(CC)CC1. The van der Waals surface area contributed by atoms with E-state index in [0.717, 1.165) is 6.42 Å². The topological polar surface area (TPSA) is 0 Å². The van der Waals surface area contributed by atoms with Crippen molar-refractivity contribution in [1.29, 1.82) is 0 Å². The zero-order chi connectivity index (χ0) is 7.61. The third-order valence-electron chi connectivity index (χ3n) is 3.14. The highest BCUT2D eigenvalue weighted by Crippen LogP contribution is 2.55. The molecule has 0 nitrogen and oxygen atoms in total. The van der Waals surface area contributed by atoms with Crippen LogP contribution < -0.4 is 0 Å². The molecular weight excluding hydrogens is 127 g/mol. The Labute approximate surface area is 62.8 Å². The molecule has 0 N–H and O–H groups in total. The molecule has 1 rings (SSSR count). The van der Waals surface area contributed by atoms with Crippen molar-refractivity contribution in [2.45, 2.75) is 39.5 Å². The van der Waals surface area contributed by atoms with Crippen LogP contribution in [0, 0.1) is 11.3 Å². The molecule has 0 aliphatic heterocycles. The lowest BCUT2D eigenvalue weighted by molar-refractivity contribution is 0.226. The van der Waals surface area contributed by atoms with Crippen molar-refractivity contribution in [3.05, 3.63) is 0 Å². The number of hydrogen-bond acceptors (Lipinski definition) is 0. The number of halogens is 1. The minimum absolute atomic E-state index is 0.107. The van der Waals surface area contributed by atoms with Gasteiger partial charge in [0.1, 0.15) is 0 Å². The highest BCUT2D eigenvalue weighted by Gasteiger charge is 2.46. The van der Waals surface area contributed by atoms with Crippen LogP contribution in [0.5, 0.6) is 0 Å². The van der Waals surface area contributed by atoms with Gasteiger partial charge < -0.3 is 0 Å². The highest BCUT2D eigenvalue weighted by molar-refractivity contribution is 4.96. The van der Waals surface area contributed by atoms with Gasteiger partial charge in [-0.15, -0.1) is 0 Å². The van der Waals surface area contributed by atoms with E-state index >= 15 is 0 Å². The summed E-state index contributed by atoms with van der Waals surface area (Å²) in [6.45, 7) is 4.18. The minimum atomic E-state index is -0.107. The molecule has 1 heteroatoms. The van der Waals surface area contributed by atoms with Crippen LogP contribution >= 0.6 is 0 Å². The molecule has 1 aliphatic rings. The van der Waals surface area contributed by atoms with E-state index in [1.807, 2.05) is 0 Å². The second kappa shape index (κ2) is 2.89. The molecular formula is C9H17F. The summed E-state index contributed by atoms with van der Waals surface area (Å²) in [5.41, 5.74) is 0.434. The van der Waals surface area contributed by atoms with Crippen molar-refractivity contribution in [2.24, 2.45) is 11.3 Å². The fourth-order valence-corrected chi connectivity index (χ4v) is 1.92. The first-order chi connectivity index (χ1) is 4.79. The van der Waals surface area contributed by atoms with Crippen LogP contribution in [-0.4, -0.2) is 6.67 Å². The monoisotopic (exact) mass is 144 g/mol. The molecule has 0 saturated heterocycles. The van der Waals surface area contributed by atoms with E-state index in [0.29, 0.717) is 11.3 Å². The van der Waals surface area contributed by atoms with Gasteiger partial charge in [0.25, 0.3) is 0 Å². The predicted molar refractivity (Wildman–Crippen MR) is 41.7 cm³/mol. The van der Waals surface area contributed by atoms with Crippen LogP contribution in [0.2, 0.25) is 0 Å². The largest absolute Gasteiger partial charge is 0.251 e. The summed E-state index contributed by atoms with van der Waals surface area (Å²) in [6, 6.07) is 0. The van der Waals surface area contributed by atoms with Gasteiger partial charge in [0.05, 0.1) is 6.67 Å². The van der Waals surface area contributed by atoms with Gasteiger partial charge in [0, 0.05) is 0 Å².